The first kappa shape index (κ1) is 20.3. The largest absolute Gasteiger partial charge is 0.433 e. The monoisotopic (exact) mass is 421 g/mol. The summed E-state index contributed by atoms with van der Waals surface area (Å²) in [6.45, 7) is 1.81. The molecule has 5 rings (SSSR count). The first-order chi connectivity index (χ1) is 14.0. The third-order valence-electron chi connectivity index (χ3n) is 6.19. The summed E-state index contributed by atoms with van der Waals surface area (Å²) < 4.78 is 51.4. The van der Waals surface area contributed by atoms with Gasteiger partial charge in [-0.15, -0.1) is 0 Å². The van der Waals surface area contributed by atoms with Crippen LogP contribution in [0, 0.1) is 17.2 Å². The molecule has 0 spiro atoms. The van der Waals surface area contributed by atoms with Crippen molar-refractivity contribution in [2.24, 2.45) is 11.3 Å². The predicted octanol–water partition coefficient (Wildman–Crippen LogP) is 4.17. The zero-order chi connectivity index (χ0) is 21.7. The number of aromatic nitrogens is 1. The Kier molecular flexibility index (Phi) is 4.59. The van der Waals surface area contributed by atoms with E-state index in [0.29, 0.717) is 24.9 Å². The third-order valence-corrected chi connectivity index (χ3v) is 6.19. The second-order valence-electron chi connectivity index (χ2n) is 8.27. The van der Waals surface area contributed by atoms with Crippen molar-refractivity contribution in [2.45, 2.75) is 37.9 Å². The molecule has 3 aliphatic carbocycles. The number of nitrogens with zero attached hydrogens (tertiary/aromatic N) is 1. The number of hydrogen-bond donors (Lipinski definition) is 2. The quantitative estimate of drug-likeness (QED) is 0.712. The Morgan fingerprint density at radius 2 is 1.73 bits per heavy atom. The number of amides is 2. The Hall–Kier alpha value is -2.97. The van der Waals surface area contributed by atoms with Crippen LogP contribution in [-0.2, 0) is 11.0 Å². The van der Waals surface area contributed by atoms with Crippen LogP contribution in [0.2, 0.25) is 0 Å². The second kappa shape index (κ2) is 6.78. The van der Waals surface area contributed by atoms with E-state index < -0.39 is 29.1 Å². The van der Waals surface area contributed by atoms with Crippen molar-refractivity contribution in [1.82, 2.24) is 10.3 Å². The van der Waals surface area contributed by atoms with E-state index in [0.717, 1.165) is 12.3 Å². The summed E-state index contributed by atoms with van der Waals surface area (Å²) >= 11 is 0. The summed E-state index contributed by atoms with van der Waals surface area (Å²) in [7, 11) is 0. The minimum atomic E-state index is -4.62. The lowest BCUT2D eigenvalue weighted by atomic mass is 9.36. The van der Waals surface area contributed by atoms with Gasteiger partial charge in [-0.1, -0.05) is 6.92 Å². The number of carbonyl (C=O) groups is 2. The van der Waals surface area contributed by atoms with Gasteiger partial charge < -0.3 is 10.6 Å². The zero-order valence-corrected chi connectivity index (χ0v) is 16.0. The topological polar surface area (TPSA) is 71.1 Å². The molecule has 0 aliphatic heterocycles. The Labute approximate surface area is 169 Å². The van der Waals surface area contributed by atoms with Crippen molar-refractivity contribution in [3.8, 4) is 0 Å². The van der Waals surface area contributed by atoms with Crippen LogP contribution >= 0.6 is 0 Å². The minimum absolute atomic E-state index is 0.0989. The molecule has 158 valence electrons. The number of anilines is 1. The molecule has 2 N–H and O–H groups in total. The first-order valence-corrected chi connectivity index (χ1v) is 9.44. The smallest absolute Gasteiger partial charge is 0.347 e. The predicted molar refractivity (Wildman–Crippen MR) is 99.9 cm³/mol. The first-order valence-electron chi connectivity index (χ1n) is 9.44. The van der Waals surface area contributed by atoms with Crippen molar-refractivity contribution >= 4 is 17.5 Å². The second-order valence-corrected chi connectivity index (χ2v) is 8.27. The number of carbonyl (C=O) groups excluding carboxylic acids is 2. The summed E-state index contributed by atoms with van der Waals surface area (Å²) in [6, 6.07) is 7.45. The van der Waals surface area contributed by atoms with Crippen LogP contribution in [0.15, 0.2) is 42.6 Å². The minimum Gasteiger partial charge on any atom is -0.347 e. The van der Waals surface area contributed by atoms with Gasteiger partial charge in [0.1, 0.15) is 11.5 Å². The summed E-state index contributed by atoms with van der Waals surface area (Å²) in [5.74, 6) is -1.49. The normalized spacial score (nSPS) is 25.5. The molecular formula is C21H19F4N3O2. The van der Waals surface area contributed by atoms with Crippen molar-refractivity contribution < 1.29 is 27.2 Å². The molecule has 3 saturated carbocycles. The summed E-state index contributed by atoms with van der Waals surface area (Å²) in [5.41, 5.74) is -1.44. The van der Waals surface area contributed by atoms with Gasteiger partial charge in [-0.25, -0.2) is 4.39 Å². The van der Waals surface area contributed by atoms with E-state index in [1.807, 2.05) is 6.92 Å². The maximum atomic E-state index is 13.0. The van der Waals surface area contributed by atoms with Gasteiger partial charge >= 0.3 is 6.18 Å². The maximum Gasteiger partial charge on any atom is 0.433 e. The highest BCUT2D eigenvalue weighted by Gasteiger charge is 2.71. The van der Waals surface area contributed by atoms with Crippen LogP contribution in [0.25, 0.3) is 0 Å². The van der Waals surface area contributed by atoms with Gasteiger partial charge in [0.25, 0.3) is 5.91 Å². The van der Waals surface area contributed by atoms with E-state index in [-0.39, 0.29) is 22.8 Å². The molecule has 9 heteroatoms. The fourth-order valence-electron chi connectivity index (χ4n) is 4.56. The van der Waals surface area contributed by atoms with E-state index in [2.05, 4.69) is 15.6 Å². The van der Waals surface area contributed by atoms with Crippen LogP contribution in [0.5, 0.6) is 0 Å². The highest BCUT2D eigenvalue weighted by atomic mass is 19.4. The Morgan fingerprint density at radius 3 is 2.33 bits per heavy atom. The summed E-state index contributed by atoms with van der Waals surface area (Å²) in [4.78, 5) is 28.2. The van der Waals surface area contributed by atoms with Crippen LogP contribution in [0.4, 0.5) is 23.2 Å². The van der Waals surface area contributed by atoms with Gasteiger partial charge in [-0.05, 0) is 61.1 Å². The van der Waals surface area contributed by atoms with E-state index in [1.165, 1.54) is 30.3 Å². The van der Waals surface area contributed by atoms with E-state index in [9.17, 15) is 27.2 Å². The molecule has 1 aromatic heterocycles. The SMILES string of the molecule is C[C@H](C(=O)Nc1ccc(F)cc1)C12CC(NC(=O)c3ccnc(C(F)(F)F)c3)(C1)C2. The molecule has 0 saturated heterocycles. The number of alkyl halides is 3. The fourth-order valence-corrected chi connectivity index (χ4v) is 4.56. The lowest BCUT2D eigenvalue weighted by Crippen LogP contribution is -2.77. The third kappa shape index (κ3) is 3.53. The number of pyridine rings is 1. The average molecular weight is 421 g/mol. The lowest BCUT2D eigenvalue weighted by Gasteiger charge is -2.72. The fraction of sp³-hybridized carbons (Fsp3) is 0.381. The molecular weight excluding hydrogens is 402 g/mol. The molecule has 30 heavy (non-hydrogen) atoms. The van der Waals surface area contributed by atoms with Crippen LogP contribution in [-0.4, -0.2) is 22.3 Å². The molecule has 2 amide bonds. The molecule has 0 unspecified atom stereocenters. The van der Waals surface area contributed by atoms with Crippen LogP contribution < -0.4 is 10.6 Å². The average Bonchev–Trinajstić information content (AvgIpc) is 2.64. The van der Waals surface area contributed by atoms with Gasteiger partial charge in [0.05, 0.1) is 0 Å². The van der Waals surface area contributed by atoms with Crippen LogP contribution in [0.3, 0.4) is 0 Å². The van der Waals surface area contributed by atoms with Crippen LogP contribution in [0.1, 0.15) is 42.2 Å². The van der Waals surface area contributed by atoms with Gasteiger partial charge in [0.15, 0.2) is 0 Å². The number of nitrogens with one attached hydrogen (secondary N) is 2. The molecule has 1 atom stereocenters. The van der Waals surface area contributed by atoms with Crippen molar-refractivity contribution in [3.05, 3.63) is 59.7 Å². The summed E-state index contributed by atoms with van der Waals surface area (Å²) in [5, 5.41) is 5.58. The molecule has 5 nitrogen and oxygen atoms in total. The Morgan fingerprint density at radius 1 is 1.10 bits per heavy atom. The van der Waals surface area contributed by atoms with E-state index in [1.54, 1.807) is 0 Å². The maximum absolute atomic E-state index is 13.0. The number of rotatable bonds is 5. The van der Waals surface area contributed by atoms with Gasteiger partial charge in [0, 0.05) is 28.9 Å². The highest BCUT2D eigenvalue weighted by Crippen LogP contribution is 2.70. The molecule has 1 heterocycles. The van der Waals surface area contributed by atoms with E-state index in [4.69, 9.17) is 0 Å². The Balaban J connectivity index is 1.34. The van der Waals surface area contributed by atoms with Gasteiger partial charge in [0.2, 0.25) is 5.91 Å². The molecule has 3 aliphatic rings. The molecule has 2 aromatic rings. The zero-order valence-electron chi connectivity index (χ0n) is 16.0. The Bertz CT molecular complexity index is 984. The van der Waals surface area contributed by atoms with Gasteiger partial charge in [-0.3, -0.25) is 14.6 Å². The van der Waals surface area contributed by atoms with Crippen molar-refractivity contribution in [2.75, 3.05) is 5.32 Å². The number of hydrogen-bond acceptors (Lipinski definition) is 3. The molecule has 2 bridgehead atoms. The molecule has 0 radical (unpaired) electrons. The van der Waals surface area contributed by atoms with E-state index >= 15 is 0 Å². The summed E-state index contributed by atoms with van der Waals surface area (Å²) in [6.07, 6.45) is -1.91. The number of benzene rings is 1. The molecule has 3 fully saturated rings. The lowest BCUT2D eigenvalue weighted by molar-refractivity contribution is -0.184. The van der Waals surface area contributed by atoms with Crippen molar-refractivity contribution in [1.29, 1.82) is 0 Å². The van der Waals surface area contributed by atoms with Crippen molar-refractivity contribution in [3.63, 3.8) is 0 Å². The highest BCUT2D eigenvalue weighted by molar-refractivity contribution is 5.96. The van der Waals surface area contributed by atoms with Gasteiger partial charge in [-0.2, -0.15) is 13.2 Å². The number of halogens is 4. The molecule has 1 aromatic carbocycles. The standard InChI is InChI=1S/C21H19F4N3O2/c1-12(17(29)27-15-4-2-14(22)3-5-15)19-9-20(10-19,11-19)28-18(30)13-6-7-26-16(8-13)21(23,24)25/h2-8,12H,9-11H2,1H3,(H,27,29)(H,28,30)/t12-,19?,20?/m1/s1.